The third kappa shape index (κ3) is 4.82. The van der Waals surface area contributed by atoms with E-state index in [1.54, 1.807) is 0 Å². The molecule has 1 nitrogen and oxygen atoms in total. The lowest BCUT2D eigenvalue weighted by Crippen LogP contribution is -2.28. The molecule has 0 heterocycles. The van der Waals surface area contributed by atoms with Crippen molar-refractivity contribution < 1.29 is 6.85 Å². The zero-order valence-electron chi connectivity index (χ0n) is 36.1. The average molecular weight is 731 g/mol. The van der Waals surface area contributed by atoms with Crippen LogP contribution in [0, 0.1) is 0 Å². The molecule has 0 saturated carbocycles. The molecule has 57 heavy (non-hydrogen) atoms. The molecule has 0 saturated heterocycles. The first-order chi connectivity index (χ1) is 30.4. The molecule has 9 aromatic carbocycles. The number of rotatable bonds is 7. The number of benzene rings is 9. The van der Waals surface area contributed by atoms with Crippen molar-refractivity contribution in [1.29, 1.82) is 0 Å². The van der Waals surface area contributed by atoms with Crippen molar-refractivity contribution in [2.45, 2.75) is 10.8 Å². The Morgan fingerprint density at radius 3 is 0.930 bits per heavy atom. The van der Waals surface area contributed by atoms with E-state index in [9.17, 15) is 2.74 Å². The lowest BCUT2D eigenvalue weighted by atomic mass is 9.67. The standard InChI is InChI=1S/C56H39N/c1-4-18-40(19-5-1)55(51-28-14-10-24-47(51)48-25-11-15-29-52(48)55)42-32-36-45(37-33-42)57(44-22-8-3-9-23-44)46-38-34-43(35-39-46)56(41-20-6-2-7-21-41)53-30-16-12-26-49(53)50-27-13-17-31-54(50)56/h1-39H/i3D,8D,9D,22D,23D. The van der Waals surface area contributed by atoms with Gasteiger partial charge in [-0.3, -0.25) is 0 Å². The Balaban J connectivity index is 1.12. The number of para-hydroxylation sites is 1. The summed E-state index contributed by atoms with van der Waals surface area (Å²) in [5.41, 5.74) is 14.1. The van der Waals surface area contributed by atoms with Gasteiger partial charge in [0.25, 0.3) is 0 Å². The molecule has 2 aliphatic carbocycles. The van der Waals surface area contributed by atoms with E-state index < -0.39 is 16.9 Å². The minimum atomic E-state index is -0.615. The second-order valence-corrected chi connectivity index (χ2v) is 14.8. The molecule has 1 heteroatoms. The predicted octanol–water partition coefficient (Wildman–Crippen LogP) is 13.9. The molecule has 0 spiro atoms. The molecule has 0 bridgehead atoms. The second kappa shape index (κ2) is 13.2. The Hall–Kier alpha value is -7.22. The highest BCUT2D eigenvalue weighted by molar-refractivity contribution is 5.88. The van der Waals surface area contributed by atoms with Crippen LogP contribution in [0.3, 0.4) is 0 Å². The molecule has 0 fully saturated rings. The van der Waals surface area contributed by atoms with Crippen molar-refractivity contribution in [3.05, 3.63) is 281 Å². The summed E-state index contributed by atoms with van der Waals surface area (Å²) >= 11 is 0. The summed E-state index contributed by atoms with van der Waals surface area (Å²) < 4.78 is 44.4. The first kappa shape index (κ1) is 28.2. The maximum absolute atomic E-state index is 9.22. The molecule has 268 valence electrons. The van der Waals surface area contributed by atoms with E-state index in [4.69, 9.17) is 4.11 Å². The summed E-state index contributed by atoms with van der Waals surface area (Å²) in [6.45, 7) is 0. The maximum atomic E-state index is 9.22. The molecular weight excluding hydrogens is 687 g/mol. The van der Waals surface area contributed by atoms with E-state index in [2.05, 4.69) is 170 Å². The molecule has 0 unspecified atom stereocenters. The predicted molar refractivity (Wildman–Crippen MR) is 236 cm³/mol. The Labute approximate surface area is 341 Å². The zero-order chi connectivity index (χ0) is 42.2. The van der Waals surface area contributed by atoms with Crippen LogP contribution in [-0.4, -0.2) is 0 Å². The smallest absolute Gasteiger partial charge is 0.0713 e. The van der Waals surface area contributed by atoms with Crippen molar-refractivity contribution in [3.8, 4) is 22.3 Å². The maximum Gasteiger partial charge on any atom is 0.0713 e. The van der Waals surface area contributed by atoms with E-state index in [1.807, 2.05) is 41.3 Å². The van der Waals surface area contributed by atoms with Crippen LogP contribution in [0.5, 0.6) is 0 Å². The van der Waals surface area contributed by atoms with Gasteiger partial charge in [0, 0.05) is 17.1 Å². The second-order valence-electron chi connectivity index (χ2n) is 14.8. The van der Waals surface area contributed by atoms with Crippen LogP contribution >= 0.6 is 0 Å². The molecule has 2 aliphatic rings. The Morgan fingerprint density at radius 2 is 0.579 bits per heavy atom. The van der Waals surface area contributed by atoms with E-state index in [-0.39, 0.29) is 29.9 Å². The lowest BCUT2D eigenvalue weighted by molar-refractivity contribution is 0.768. The molecule has 0 amide bonds. The van der Waals surface area contributed by atoms with Gasteiger partial charge in [0.2, 0.25) is 0 Å². The van der Waals surface area contributed by atoms with Crippen molar-refractivity contribution in [2.24, 2.45) is 0 Å². The fourth-order valence-electron chi connectivity index (χ4n) is 9.91. The fraction of sp³-hybridized carbons (Fsp3) is 0.0357. The summed E-state index contributed by atoms with van der Waals surface area (Å²) in [6, 6.07) is 70.5. The van der Waals surface area contributed by atoms with Crippen LogP contribution in [0.15, 0.2) is 236 Å². The third-order valence-corrected chi connectivity index (χ3v) is 12.1. The summed E-state index contributed by atoms with van der Waals surface area (Å²) in [7, 11) is 0. The Kier molecular flexibility index (Phi) is 6.55. The molecule has 0 radical (unpaired) electrons. The van der Waals surface area contributed by atoms with Gasteiger partial charge >= 0.3 is 0 Å². The van der Waals surface area contributed by atoms with Gasteiger partial charge in [-0.2, -0.15) is 0 Å². The zero-order valence-corrected chi connectivity index (χ0v) is 31.1. The summed E-state index contributed by atoms with van der Waals surface area (Å²) in [6.07, 6.45) is 0. The van der Waals surface area contributed by atoms with Crippen molar-refractivity contribution >= 4 is 17.1 Å². The summed E-state index contributed by atoms with van der Waals surface area (Å²) in [5.74, 6) is 0. The number of fused-ring (bicyclic) bond motifs is 6. The Bertz CT molecular complexity index is 2880. The topological polar surface area (TPSA) is 3.24 Å². The van der Waals surface area contributed by atoms with Crippen LogP contribution in [0.1, 0.15) is 51.4 Å². The van der Waals surface area contributed by atoms with Gasteiger partial charge < -0.3 is 4.90 Å². The number of hydrogen-bond donors (Lipinski definition) is 0. The molecule has 9 aromatic rings. The van der Waals surface area contributed by atoms with Crippen molar-refractivity contribution in [3.63, 3.8) is 0 Å². The largest absolute Gasteiger partial charge is 0.311 e. The van der Waals surface area contributed by atoms with Gasteiger partial charge in [-0.15, -0.1) is 0 Å². The molecular formula is C56H39N. The van der Waals surface area contributed by atoms with E-state index in [0.29, 0.717) is 11.4 Å². The fourth-order valence-corrected chi connectivity index (χ4v) is 9.91. The minimum Gasteiger partial charge on any atom is -0.311 e. The van der Waals surface area contributed by atoms with Gasteiger partial charge in [-0.25, -0.2) is 0 Å². The Morgan fingerprint density at radius 1 is 0.281 bits per heavy atom. The SMILES string of the molecule is [2H]c1c([2H])c([2H])c(N(c2ccc(C3(c4ccccc4)c4ccccc4-c4ccccc43)cc2)c2ccc(C3(c4ccccc4)c4ccccc4-c4ccccc43)cc2)c([2H])c1[2H]. The van der Waals surface area contributed by atoms with Gasteiger partial charge in [-0.1, -0.05) is 200 Å². The van der Waals surface area contributed by atoms with Gasteiger partial charge in [0.1, 0.15) is 0 Å². The first-order valence-corrected chi connectivity index (χ1v) is 19.4. The van der Waals surface area contributed by atoms with Crippen molar-refractivity contribution in [2.75, 3.05) is 4.90 Å². The van der Waals surface area contributed by atoms with Crippen molar-refractivity contribution in [1.82, 2.24) is 0 Å². The lowest BCUT2D eigenvalue weighted by Gasteiger charge is -2.35. The third-order valence-electron chi connectivity index (χ3n) is 12.1. The number of nitrogens with zero attached hydrogens (tertiary/aromatic N) is 1. The van der Waals surface area contributed by atoms with Crippen LogP contribution in [0.25, 0.3) is 22.3 Å². The normalized spacial score (nSPS) is 15.1. The minimum absolute atomic E-state index is 0.0835. The van der Waals surface area contributed by atoms with Crippen LogP contribution in [0.4, 0.5) is 17.1 Å². The van der Waals surface area contributed by atoms with Crippen LogP contribution < -0.4 is 4.90 Å². The molecule has 11 rings (SSSR count). The summed E-state index contributed by atoms with van der Waals surface area (Å²) in [5, 5.41) is 0. The molecule has 0 N–H and O–H groups in total. The number of hydrogen-bond acceptors (Lipinski definition) is 1. The quantitative estimate of drug-likeness (QED) is 0.158. The van der Waals surface area contributed by atoms with Gasteiger partial charge in [0.05, 0.1) is 17.7 Å². The highest BCUT2D eigenvalue weighted by atomic mass is 15.1. The summed E-state index contributed by atoms with van der Waals surface area (Å²) in [4.78, 5) is 1.81. The van der Waals surface area contributed by atoms with Gasteiger partial charge in [-0.05, 0) is 103 Å². The monoisotopic (exact) mass is 730 g/mol. The highest BCUT2D eigenvalue weighted by Gasteiger charge is 2.47. The van der Waals surface area contributed by atoms with Crippen LogP contribution in [0.2, 0.25) is 0 Å². The molecule has 0 aliphatic heterocycles. The van der Waals surface area contributed by atoms with E-state index in [0.717, 1.165) is 22.3 Å². The molecule has 0 atom stereocenters. The average Bonchev–Trinajstić information content (AvgIpc) is 3.81. The van der Waals surface area contributed by atoms with E-state index >= 15 is 0 Å². The van der Waals surface area contributed by atoms with Gasteiger partial charge in [0.15, 0.2) is 0 Å². The number of anilines is 3. The van der Waals surface area contributed by atoms with E-state index in [1.165, 1.54) is 44.5 Å². The highest BCUT2D eigenvalue weighted by Crippen LogP contribution is 2.58. The van der Waals surface area contributed by atoms with Crippen LogP contribution in [-0.2, 0) is 10.8 Å². The molecule has 0 aromatic heterocycles. The first-order valence-electron chi connectivity index (χ1n) is 21.9.